The molecule has 2 aromatic rings. The summed E-state index contributed by atoms with van der Waals surface area (Å²) in [5.41, 5.74) is 3.32. The zero-order valence-electron chi connectivity index (χ0n) is 17.6. The standard InChI is InChI=1S/C24H23FN2O4/c1-24(2)18-6-4-5-7-20(18)27(3)21(24)11-15(28)13-31-23(30)17-12-22(29)26-19-10-14(25)8-9-16(17)19/h4-11,17H,12-13H2,1-3H3,(H,26,29)/b21-11+. The number of carbonyl (C=O) groups excluding carboxylic acids is 3. The van der Waals surface area contributed by atoms with Gasteiger partial charge in [0.1, 0.15) is 5.82 Å². The number of ether oxygens (including phenoxy) is 1. The average Bonchev–Trinajstić information content (AvgIpc) is 2.92. The number of amides is 1. The van der Waals surface area contributed by atoms with E-state index in [1.807, 2.05) is 50.1 Å². The first kappa shape index (κ1) is 20.8. The summed E-state index contributed by atoms with van der Waals surface area (Å²) >= 11 is 0. The molecule has 0 radical (unpaired) electrons. The monoisotopic (exact) mass is 422 g/mol. The van der Waals surface area contributed by atoms with E-state index in [-0.39, 0.29) is 23.3 Å². The minimum absolute atomic E-state index is 0.113. The Morgan fingerprint density at radius 1 is 1.26 bits per heavy atom. The molecule has 160 valence electrons. The summed E-state index contributed by atoms with van der Waals surface area (Å²) in [7, 11) is 1.90. The molecule has 0 bridgehead atoms. The number of anilines is 2. The number of ketones is 1. The normalized spacial score (nSPS) is 20.1. The van der Waals surface area contributed by atoms with E-state index in [0.29, 0.717) is 5.56 Å². The fourth-order valence-electron chi connectivity index (χ4n) is 4.34. The topological polar surface area (TPSA) is 75.7 Å². The van der Waals surface area contributed by atoms with Crippen LogP contribution < -0.4 is 10.2 Å². The van der Waals surface area contributed by atoms with Gasteiger partial charge in [-0.3, -0.25) is 14.4 Å². The molecular weight excluding hydrogens is 399 g/mol. The van der Waals surface area contributed by atoms with Crippen molar-refractivity contribution in [2.24, 2.45) is 0 Å². The smallest absolute Gasteiger partial charge is 0.314 e. The summed E-state index contributed by atoms with van der Waals surface area (Å²) in [5, 5.41) is 2.55. The highest BCUT2D eigenvalue weighted by Crippen LogP contribution is 2.46. The summed E-state index contributed by atoms with van der Waals surface area (Å²) < 4.78 is 18.7. The first-order valence-corrected chi connectivity index (χ1v) is 10.0. The summed E-state index contributed by atoms with van der Waals surface area (Å²) in [6.07, 6.45) is 1.39. The van der Waals surface area contributed by atoms with Crippen molar-refractivity contribution < 1.29 is 23.5 Å². The predicted molar refractivity (Wildman–Crippen MR) is 114 cm³/mol. The van der Waals surface area contributed by atoms with E-state index >= 15 is 0 Å². The van der Waals surface area contributed by atoms with E-state index in [4.69, 9.17) is 4.74 Å². The molecule has 1 atom stereocenters. The number of nitrogens with zero attached hydrogens (tertiary/aromatic N) is 1. The minimum atomic E-state index is -0.875. The molecule has 2 heterocycles. The van der Waals surface area contributed by atoms with Gasteiger partial charge >= 0.3 is 5.97 Å². The number of rotatable bonds is 4. The lowest BCUT2D eigenvalue weighted by molar-refractivity contribution is -0.149. The van der Waals surface area contributed by atoms with E-state index in [9.17, 15) is 18.8 Å². The Bertz CT molecular complexity index is 1120. The second-order valence-electron chi connectivity index (χ2n) is 8.34. The molecule has 0 saturated heterocycles. The molecule has 2 aliphatic rings. The number of halogens is 1. The Hall–Kier alpha value is -3.48. The van der Waals surface area contributed by atoms with Crippen LogP contribution in [0.15, 0.2) is 54.2 Å². The van der Waals surface area contributed by atoms with Crippen LogP contribution in [0.25, 0.3) is 0 Å². The molecular formula is C24H23FN2O4. The van der Waals surface area contributed by atoms with Gasteiger partial charge in [-0.05, 0) is 29.3 Å². The third-order valence-electron chi connectivity index (χ3n) is 5.93. The predicted octanol–water partition coefficient (Wildman–Crippen LogP) is 3.68. The molecule has 1 amide bonds. The van der Waals surface area contributed by atoms with Crippen LogP contribution in [0.3, 0.4) is 0 Å². The van der Waals surface area contributed by atoms with Gasteiger partial charge in [0.05, 0.1) is 5.92 Å². The highest BCUT2D eigenvalue weighted by atomic mass is 19.1. The Kier molecular flexibility index (Phi) is 5.13. The third-order valence-corrected chi connectivity index (χ3v) is 5.93. The molecule has 0 aromatic heterocycles. The molecule has 1 unspecified atom stereocenters. The van der Waals surface area contributed by atoms with E-state index in [1.165, 1.54) is 18.2 Å². The van der Waals surface area contributed by atoms with Gasteiger partial charge in [-0.1, -0.05) is 38.1 Å². The van der Waals surface area contributed by atoms with Gasteiger partial charge in [0, 0.05) is 42.0 Å². The maximum atomic E-state index is 13.5. The number of benzene rings is 2. The van der Waals surface area contributed by atoms with Crippen LogP contribution in [0.4, 0.5) is 15.8 Å². The molecule has 0 spiro atoms. The van der Waals surface area contributed by atoms with Crippen molar-refractivity contribution in [3.05, 3.63) is 71.2 Å². The molecule has 2 aliphatic heterocycles. The van der Waals surface area contributed by atoms with Crippen molar-refractivity contribution in [2.45, 2.75) is 31.6 Å². The number of carbonyl (C=O) groups is 3. The zero-order chi connectivity index (χ0) is 22.3. The lowest BCUT2D eigenvalue weighted by Crippen LogP contribution is -2.30. The minimum Gasteiger partial charge on any atom is -0.457 e. The van der Waals surface area contributed by atoms with Crippen LogP contribution >= 0.6 is 0 Å². The van der Waals surface area contributed by atoms with Crippen LogP contribution in [0, 0.1) is 5.82 Å². The first-order valence-electron chi connectivity index (χ1n) is 10.0. The van der Waals surface area contributed by atoms with E-state index in [1.54, 1.807) is 0 Å². The molecule has 2 aromatic carbocycles. The zero-order valence-corrected chi connectivity index (χ0v) is 17.6. The lowest BCUT2D eigenvalue weighted by atomic mass is 9.83. The number of likely N-dealkylation sites (N-methyl/N-ethyl adjacent to an activating group) is 1. The second-order valence-corrected chi connectivity index (χ2v) is 8.34. The van der Waals surface area contributed by atoms with Crippen molar-refractivity contribution in [2.75, 3.05) is 23.9 Å². The largest absolute Gasteiger partial charge is 0.457 e. The van der Waals surface area contributed by atoms with E-state index in [0.717, 1.165) is 23.0 Å². The Morgan fingerprint density at radius 2 is 2.00 bits per heavy atom. The molecule has 0 fully saturated rings. The fourth-order valence-corrected chi connectivity index (χ4v) is 4.34. The van der Waals surface area contributed by atoms with Gasteiger partial charge in [-0.25, -0.2) is 4.39 Å². The van der Waals surface area contributed by atoms with Crippen LogP contribution in [0.2, 0.25) is 0 Å². The Labute approximate surface area is 179 Å². The van der Waals surface area contributed by atoms with Crippen LogP contribution in [0.5, 0.6) is 0 Å². The molecule has 4 rings (SSSR count). The SMILES string of the molecule is CN1/C(=C/C(=O)COC(=O)C2CC(=O)Nc3cc(F)ccc32)C(C)(C)c2ccccc21. The number of nitrogens with one attached hydrogen (secondary N) is 1. The number of allylic oxidation sites excluding steroid dienone is 1. The molecule has 0 saturated carbocycles. The number of hydrogen-bond donors (Lipinski definition) is 1. The Morgan fingerprint density at radius 3 is 2.74 bits per heavy atom. The fraction of sp³-hybridized carbons (Fsp3) is 0.292. The maximum absolute atomic E-state index is 13.5. The number of esters is 1. The van der Waals surface area contributed by atoms with Crippen LogP contribution in [-0.2, 0) is 24.5 Å². The van der Waals surface area contributed by atoms with Crippen LogP contribution in [-0.4, -0.2) is 31.3 Å². The Balaban J connectivity index is 1.48. The molecule has 6 nitrogen and oxygen atoms in total. The van der Waals surface area contributed by atoms with E-state index < -0.39 is 30.2 Å². The van der Waals surface area contributed by atoms with Crippen molar-refractivity contribution in [1.82, 2.24) is 0 Å². The molecule has 7 heteroatoms. The van der Waals surface area contributed by atoms with E-state index in [2.05, 4.69) is 5.32 Å². The maximum Gasteiger partial charge on any atom is 0.314 e. The number of para-hydroxylation sites is 1. The third kappa shape index (κ3) is 3.71. The average molecular weight is 422 g/mol. The summed E-state index contributed by atoms with van der Waals surface area (Å²) in [5.74, 6) is -2.83. The molecule has 0 aliphatic carbocycles. The van der Waals surface area contributed by atoms with Crippen LogP contribution in [0.1, 0.15) is 37.3 Å². The van der Waals surface area contributed by atoms with Gasteiger partial charge in [-0.2, -0.15) is 0 Å². The highest BCUT2D eigenvalue weighted by Gasteiger charge is 2.38. The quantitative estimate of drug-likeness (QED) is 0.601. The first-order chi connectivity index (χ1) is 14.7. The second kappa shape index (κ2) is 7.65. The van der Waals surface area contributed by atoms with Crippen molar-refractivity contribution in [3.63, 3.8) is 0 Å². The van der Waals surface area contributed by atoms with Crippen molar-refractivity contribution in [1.29, 1.82) is 0 Å². The van der Waals surface area contributed by atoms with Gasteiger partial charge in [0.25, 0.3) is 0 Å². The van der Waals surface area contributed by atoms with Crippen molar-refractivity contribution in [3.8, 4) is 0 Å². The lowest BCUT2D eigenvalue weighted by Gasteiger charge is -2.25. The van der Waals surface area contributed by atoms with Gasteiger partial charge in [-0.15, -0.1) is 0 Å². The summed E-state index contributed by atoms with van der Waals surface area (Å²) in [6.45, 7) is 3.64. The van der Waals surface area contributed by atoms with Gasteiger partial charge in [0.15, 0.2) is 12.4 Å². The molecule has 1 N–H and O–H groups in total. The summed E-state index contributed by atoms with van der Waals surface area (Å²) in [4.78, 5) is 39.1. The van der Waals surface area contributed by atoms with Gasteiger partial charge in [0.2, 0.25) is 5.91 Å². The van der Waals surface area contributed by atoms with Gasteiger partial charge < -0.3 is 15.0 Å². The number of fused-ring (bicyclic) bond motifs is 2. The number of hydrogen-bond acceptors (Lipinski definition) is 5. The highest BCUT2D eigenvalue weighted by molar-refractivity contribution is 6.01. The van der Waals surface area contributed by atoms with Crippen molar-refractivity contribution >= 4 is 29.0 Å². The molecule has 31 heavy (non-hydrogen) atoms. The summed E-state index contributed by atoms with van der Waals surface area (Å²) in [6, 6.07) is 11.8.